The van der Waals surface area contributed by atoms with Gasteiger partial charge in [0.25, 0.3) is 11.5 Å². The molecule has 3 atom stereocenters. The number of fused-ring (bicyclic) bond motifs is 2. The molecule has 2 unspecified atom stereocenters. The number of hydrogen-bond acceptors (Lipinski definition) is 7. The van der Waals surface area contributed by atoms with E-state index < -0.39 is 48.5 Å². The standard InChI is InChI=1S/C23H21F4N7O3/c1-11-5-16(34-18(11)19(28)30-10-31-34)12-6-13-15(29-7-12)3-4-33(20(13)35)17-9-32(8-14(17)24)21(36)22(2,37)23(25,26)27/h3-7,10,14,17,37H,8-9H2,1-2H3,(H2,28,30,31)/t14?,17?,22-/m1/s1. The lowest BCUT2D eigenvalue weighted by molar-refractivity contribution is -0.249. The largest absolute Gasteiger partial charge is 0.426 e. The fourth-order valence-electron chi connectivity index (χ4n) is 4.60. The second-order valence-electron chi connectivity index (χ2n) is 9.17. The monoisotopic (exact) mass is 519 g/mol. The summed E-state index contributed by atoms with van der Waals surface area (Å²) in [5.74, 6) is -1.41. The summed E-state index contributed by atoms with van der Waals surface area (Å²) in [5.41, 5.74) is 4.46. The van der Waals surface area contributed by atoms with Crippen LogP contribution in [0.5, 0.6) is 0 Å². The third kappa shape index (κ3) is 3.79. The lowest BCUT2D eigenvalue weighted by atomic mass is 10.1. The quantitative estimate of drug-likeness (QED) is 0.396. The van der Waals surface area contributed by atoms with Gasteiger partial charge in [-0.2, -0.15) is 18.3 Å². The highest BCUT2D eigenvalue weighted by molar-refractivity contribution is 5.86. The number of pyridine rings is 2. The van der Waals surface area contributed by atoms with Crippen LogP contribution in [0.4, 0.5) is 23.4 Å². The minimum absolute atomic E-state index is 0.133. The lowest BCUT2D eigenvalue weighted by Gasteiger charge is -2.29. The van der Waals surface area contributed by atoms with Gasteiger partial charge in [0.1, 0.15) is 18.0 Å². The van der Waals surface area contributed by atoms with E-state index in [9.17, 15) is 32.3 Å². The Balaban J connectivity index is 1.54. The molecule has 10 nitrogen and oxygen atoms in total. The Morgan fingerprint density at radius 3 is 2.65 bits per heavy atom. The Morgan fingerprint density at radius 1 is 1.22 bits per heavy atom. The molecule has 0 saturated carbocycles. The van der Waals surface area contributed by atoms with Gasteiger partial charge in [-0.1, -0.05) is 0 Å². The van der Waals surface area contributed by atoms with Gasteiger partial charge in [-0.25, -0.2) is 13.9 Å². The number of aromatic nitrogens is 5. The predicted molar refractivity (Wildman–Crippen MR) is 124 cm³/mol. The average Bonchev–Trinajstić information content (AvgIpc) is 3.38. The molecule has 0 radical (unpaired) electrons. The van der Waals surface area contributed by atoms with Crippen molar-refractivity contribution in [3.05, 3.63) is 52.8 Å². The van der Waals surface area contributed by atoms with E-state index in [1.165, 1.54) is 18.6 Å². The maximum atomic E-state index is 14.9. The zero-order valence-corrected chi connectivity index (χ0v) is 19.6. The third-order valence-corrected chi connectivity index (χ3v) is 6.68. The number of halogens is 4. The van der Waals surface area contributed by atoms with E-state index >= 15 is 0 Å². The van der Waals surface area contributed by atoms with Crippen molar-refractivity contribution >= 4 is 28.1 Å². The first-order valence-corrected chi connectivity index (χ1v) is 11.1. The average molecular weight is 519 g/mol. The highest BCUT2D eigenvalue weighted by Gasteiger charge is 2.58. The smallest absolute Gasteiger partial charge is 0.382 e. The van der Waals surface area contributed by atoms with E-state index in [4.69, 9.17) is 5.73 Å². The maximum Gasteiger partial charge on any atom is 0.426 e. The van der Waals surface area contributed by atoms with E-state index in [0.29, 0.717) is 34.1 Å². The number of hydrogen-bond donors (Lipinski definition) is 2. The highest BCUT2D eigenvalue weighted by Crippen LogP contribution is 2.35. The number of amides is 1. The highest BCUT2D eigenvalue weighted by atomic mass is 19.4. The van der Waals surface area contributed by atoms with Crippen LogP contribution in [0.3, 0.4) is 0 Å². The van der Waals surface area contributed by atoms with Gasteiger partial charge in [0.05, 0.1) is 29.2 Å². The Hall–Kier alpha value is -4.07. The predicted octanol–water partition coefficient (Wildman–Crippen LogP) is 2.03. The SMILES string of the molecule is Cc1cc(-c2cnc3ccn(C4CN(C(=O)[C@@](C)(O)C(F)(F)F)CC4F)c(=O)c3c2)n2ncnc(N)c12. The number of alkyl halides is 4. The van der Waals surface area contributed by atoms with Crippen LogP contribution in [0.25, 0.3) is 27.7 Å². The van der Waals surface area contributed by atoms with Gasteiger partial charge in [-0.3, -0.25) is 14.6 Å². The van der Waals surface area contributed by atoms with Crippen molar-refractivity contribution in [1.29, 1.82) is 0 Å². The van der Waals surface area contributed by atoms with Crippen LogP contribution >= 0.6 is 0 Å². The second-order valence-corrected chi connectivity index (χ2v) is 9.17. The summed E-state index contributed by atoms with van der Waals surface area (Å²) in [4.78, 5) is 34.6. The molecule has 194 valence electrons. The van der Waals surface area contributed by atoms with Crippen LogP contribution in [0, 0.1) is 6.92 Å². The lowest BCUT2D eigenvalue weighted by Crippen LogP contribution is -2.55. The molecule has 0 aliphatic carbocycles. The summed E-state index contributed by atoms with van der Waals surface area (Å²) in [6.45, 7) is 0.917. The van der Waals surface area contributed by atoms with Crippen molar-refractivity contribution in [3.8, 4) is 11.3 Å². The maximum absolute atomic E-state index is 14.9. The van der Waals surface area contributed by atoms with E-state index in [-0.39, 0.29) is 11.2 Å². The van der Waals surface area contributed by atoms with Crippen molar-refractivity contribution in [2.24, 2.45) is 0 Å². The van der Waals surface area contributed by atoms with E-state index in [0.717, 1.165) is 10.1 Å². The van der Waals surface area contributed by atoms with E-state index in [1.54, 1.807) is 22.8 Å². The van der Waals surface area contributed by atoms with Gasteiger partial charge < -0.3 is 20.3 Å². The third-order valence-electron chi connectivity index (χ3n) is 6.68. The number of aliphatic hydroxyl groups is 1. The fraction of sp³-hybridized carbons (Fsp3) is 0.348. The summed E-state index contributed by atoms with van der Waals surface area (Å²) in [7, 11) is 0. The molecule has 5 rings (SSSR count). The van der Waals surface area contributed by atoms with Gasteiger partial charge in [-0.15, -0.1) is 0 Å². The molecule has 14 heteroatoms. The molecule has 0 spiro atoms. The van der Waals surface area contributed by atoms with E-state index in [1.807, 2.05) is 6.92 Å². The van der Waals surface area contributed by atoms with Crippen LogP contribution in [0.15, 0.2) is 41.7 Å². The molecule has 4 aromatic heterocycles. The van der Waals surface area contributed by atoms with Gasteiger partial charge >= 0.3 is 6.18 Å². The first-order valence-electron chi connectivity index (χ1n) is 11.1. The minimum Gasteiger partial charge on any atom is -0.382 e. The zero-order valence-electron chi connectivity index (χ0n) is 19.6. The van der Waals surface area contributed by atoms with Gasteiger partial charge in [0, 0.05) is 24.5 Å². The first kappa shape index (κ1) is 24.6. The molecule has 3 N–H and O–H groups in total. The van der Waals surface area contributed by atoms with E-state index in [2.05, 4.69) is 15.1 Å². The Bertz CT molecular complexity index is 1610. The molecule has 1 aliphatic heterocycles. The number of carbonyl (C=O) groups excluding carboxylic acids is 1. The molecule has 4 aromatic rings. The van der Waals surface area contributed by atoms with Crippen molar-refractivity contribution in [3.63, 3.8) is 0 Å². The molecular formula is C23H21F4N7O3. The van der Waals surface area contributed by atoms with Crippen molar-refractivity contribution in [2.45, 2.75) is 37.8 Å². The number of anilines is 1. The summed E-state index contributed by atoms with van der Waals surface area (Å²) >= 11 is 0. The summed E-state index contributed by atoms with van der Waals surface area (Å²) in [6, 6.07) is 3.58. The van der Waals surface area contributed by atoms with Gasteiger partial charge in [0.2, 0.25) is 5.60 Å². The summed E-state index contributed by atoms with van der Waals surface area (Å²) in [6.07, 6.45) is -2.96. The number of aryl methyl sites for hydroxylation is 1. The molecule has 5 heterocycles. The second kappa shape index (κ2) is 8.23. The number of carbonyl (C=O) groups is 1. The van der Waals surface area contributed by atoms with Crippen LogP contribution < -0.4 is 11.3 Å². The molecule has 0 aromatic carbocycles. The normalized spacial score (nSPS) is 20.0. The van der Waals surface area contributed by atoms with Crippen molar-refractivity contribution in [1.82, 2.24) is 29.0 Å². The van der Waals surface area contributed by atoms with Gasteiger partial charge in [0.15, 0.2) is 5.82 Å². The molecule has 0 bridgehead atoms. The van der Waals surface area contributed by atoms with Crippen molar-refractivity contribution < 1.29 is 27.5 Å². The molecule has 37 heavy (non-hydrogen) atoms. The van der Waals surface area contributed by atoms with Crippen LogP contribution in [0.2, 0.25) is 0 Å². The molecule has 1 amide bonds. The molecule has 1 aliphatic rings. The summed E-state index contributed by atoms with van der Waals surface area (Å²) in [5, 5.41) is 14.1. The fourth-order valence-corrected chi connectivity index (χ4v) is 4.60. The van der Waals surface area contributed by atoms with Crippen LogP contribution in [-0.2, 0) is 4.79 Å². The topological polar surface area (TPSA) is 132 Å². The Labute approximate surface area is 206 Å². The number of nitrogens with two attached hydrogens (primary N) is 1. The molecule has 1 saturated heterocycles. The summed E-state index contributed by atoms with van der Waals surface area (Å²) < 4.78 is 56.9. The molecular weight excluding hydrogens is 498 g/mol. The number of likely N-dealkylation sites (tertiary alicyclic amines) is 1. The van der Waals surface area contributed by atoms with Crippen molar-refractivity contribution in [2.75, 3.05) is 18.8 Å². The molecule has 1 fully saturated rings. The van der Waals surface area contributed by atoms with Crippen LogP contribution in [0.1, 0.15) is 18.5 Å². The van der Waals surface area contributed by atoms with Gasteiger partial charge in [-0.05, 0) is 37.6 Å². The van der Waals surface area contributed by atoms with Crippen LogP contribution in [-0.4, -0.2) is 71.1 Å². The zero-order chi connectivity index (χ0) is 26.9. The number of rotatable bonds is 3. The minimum atomic E-state index is -5.24. The Morgan fingerprint density at radius 2 is 1.95 bits per heavy atom. The number of nitrogen functional groups attached to an aromatic ring is 1. The Kier molecular flexibility index (Phi) is 5.47. The number of nitrogens with zero attached hydrogens (tertiary/aromatic N) is 6. The first-order chi connectivity index (χ1) is 17.3.